The molecule has 0 atom stereocenters. The van der Waals surface area contributed by atoms with E-state index in [1.165, 1.54) is 0 Å². The molecule has 4 nitrogen and oxygen atoms in total. The zero-order valence-electron chi connectivity index (χ0n) is 33.0. The summed E-state index contributed by atoms with van der Waals surface area (Å²) in [4.78, 5) is 0. The second kappa shape index (κ2) is 12.1. The molecule has 0 heterocycles. The minimum absolute atomic E-state index is 0.186. The van der Waals surface area contributed by atoms with Gasteiger partial charge in [0.25, 0.3) is 0 Å². The first-order chi connectivity index (χ1) is 22.7. The third-order valence-electron chi connectivity index (χ3n) is 10.8. The molecule has 268 valence electrons. The highest BCUT2D eigenvalue weighted by Gasteiger charge is 2.33. The predicted octanol–water partition coefficient (Wildman–Crippen LogP) is 11.1. The van der Waals surface area contributed by atoms with Gasteiger partial charge in [-0.1, -0.05) is 145 Å². The van der Waals surface area contributed by atoms with Gasteiger partial charge in [-0.25, -0.2) is 0 Å². The van der Waals surface area contributed by atoms with E-state index in [1.54, 1.807) is 0 Å². The Labute approximate surface area is 301 Å². The van der Waals surface area contributed by atoms with Crippen molar-refractivity contribution in [3.63, 3.8) is 0 Å². The van der Waals surface area contributed by atoms with Crippen molar-refractivity contribution in [3.05, 3.63) is 115 Å². The summed E-state index contributed by atoms with van der Waals surface area (Å²) in [5, 5.41) is 47.8. The Kier molecular flexibility index (Phi) is 9.04. The summed E-state index contributed by atoms with van der Waals surface area (Å²) >= 11 is 0. The molecule has 0 unspecified atom stereocenters. The fourth-order valence-corrected chi connectivity index (χ4v) is 7.23. The zero-order chi connectivity index (χ0) is 37.5. The number of rotatable bonds is 0. The van der Waals surface area contributed by atoms with Crippen LogP contribution in [0.4, 0.5) is 0 Å². The van der Waals surface area contributed by atoms with Gasteiger partial charge in [0, 0.05) is 24.7 Å². The van der Waals surface area contributed by atoms with Crippen LogP contribution in [0.5, 0.6) is 23.0 Å². The van der Waals surface area contributed by atoms with Crippen LogP contribution in [0.15, 0.2) is 48.5 Å². The SMILES string of the molecule is CC(C)(C)c1cc2c(O)c(c1)Cc1cc(cc(C(C)(C)C)c1O)C(C)(C)c1cc(c(O)c(C(C)(C)C)c1)Cc1cc(C(C)(C)C)cc(c1O)C2. The molecule has 0 aliphatic heterocycles. The molecular weight excluding hydrogens is 617 g/mol. The molecular formula is C46H60O4. The molecule has 4 N–H and O–H groups in total. The average Bonchev–Trinajstić information content (AvgIpc) is 2.95. The van der Waals surface area contributed by atoms with Crippen LogP contribution < -0.4 is 0 Å². The minimum Gasteiger partial charge on any atom is -0.507 e. The highest BCUT2D eigenvalue weighted by Crippen LogP contribution is 2.46. The third kappa shape index (κ3) is 7.00. The van der Waals surface area contributed by atoms with Gasteiger partial charge < -0.3 is 20.4 Å². The van der Waals surface area contributed by atoms with Gasteiger partial charge in [-0.05, 0) is 88.4 Å². The van der Waals surface area contributed by atoms with Crippen LogP contribution in [-0.4, -0.2) is 20.4 Å². The van der Waals surface area contributed by atoms with E-state index < -0.39 is 5.41 Å². The van der Waals surface area contributed by atoms with Crippen LogP contribution in [0.25, 0.3) is 0 Å². The lowest BCUT2D eigenvalue weighted by Gasteiger charge is -2.33. The van der Waals surface area contributed by atoms with Crippen molar-refractivity contribution in [2.75, 3.05) is 0 Å². The maximum Gasteiger partial charge on any atom is 0.122 e. The second-order valence-corrected chi connectivity index (χ2v) is 19.5. The summed E-state index contributed by atoms with van der Waals surface area (Å²) in [5.41, 5.74) is 8.84. The lowest BCUT2D eigenvalue weighted by atomic mass is 9.71. The van der Waals surface area contributed by atoms with Crippen molar-refractivity contribution in [1.29, 1.82) is 0 Å². The smallest absolute Gasteiger partial charge is 0.122 e. The molecule has 0 amide bonds. The van der Waals surface area contributed by atoms with Crippen LogP contribution in [0.3, 0.4) is 0 Å². The van der Waals surface area contributed by atoms with E-state index in [0.717, 1.165) is 66.8 Å². The standard InChI is InChI=1S/C46H60O4/c1-42(2,3)32-18-26-15-27-19-33(43(4,5)6)21-29(39(27)48)17-31-23-35(25-37(41(31)50)45(10,11)12)46(13,14)34-22-30(16-28(20-32)38(26)47)40(49)36(24-34)44(7,8)9/h18-25,47-50H,15-17H2,1-14H3. The van der Waals surface area contributed by atoms with E-state index in [0.29, 0.717) is 19.3 Å². The molecule has 0 aromatic heterocycles. The molecule has 0 saturated heterocycles. The summed E-state index contributed by atoms with van der Waals surface area (Å²) in [5.74, 6) is 0.877. The number of hydrogen-bond acceptors (Lipinski definition) is 4. The van der Waals surface area contributed by atoms with Gasteiger partial charge in [0.1, 0.15) is 23.0 Å². The predicted molar refractivity (Wildman–Crippen MR) is 208 cm³/mol. The molecule has 1 aliphatic rings. The number of benzene rings is 4. The summed E-state index contributed by atoms with van der Waals surface area (Å²) in [6.45, 7) is 30.1. The Balaban J connectivity index is 1.95. The Morgan fingerprint density at radius 2 is 0.640 bits per heavy atom. The highest BCUT2D eigenvalue weighted by molar-refractivity contribution is 5.60. The average molecular weight is 677 g/mol. The molecule has 50 heavy (non-hydrogen) atoms. The Morgan fingerprint density at radius 3 is 0.880 bits per heavy atom. The monoisotopic (exact) mass is 676 g/mol. The molecule has 0 fully saturated rings. The molecule has 0 spiro atoms. The normalized spacial score (nSPS) is 15.2. The first-order valence-electron chi connectivity index (χ1n) is 18.1. The van der Waals surface area contributed by atoms with Crippen LogP contribution in [0.2, 0.25) is 0 Å². The van der Waals surface area contributed by atoms with E-state index in [2.05, 4.69) is 145 Å². The second-order valence-electron chi connectivity index (χ2n) is 19.5. The highest BCUT2D eigenvalue weighted by atomic mass is 16.3. The summed E-state index contributed by atoms with van der Waals surface area (Å²) in [7, 11) is 0. The zero-order valence-corrected chi connectivity index (χ0v) is 33.0. The molecule has 4 heteroatoms. The van der Waals surface area contributed by atoms with E-state index in [-0.39, 0.29) is 44.7 Å². The summed E-state index contributed by atoms with van der Waals surface area (Å²) in [6.07, 6.45) is 1.01. The molecule has 1 aliphatic carbocycles. The molecule has 5 rings (SSSR count). The molecule has 4 aromatic rings. The van der Waals surface area contributed by atoms with Gasteiger partial charge in [-0.2, -0.15) is 0 Å². The largest absolute Gasteiger partial charge is 0.507 e. The van der Waals surface area contributed by atoms with Crippen LogP contribution in [0, 0.1) is 0 Å². The van der Waals surface area contributed by atoms with Gasteiger partial charge in [-0.3, -0.25) is 0 Å². The topological polar surface area (TPSA) is 80.9 Å². The molecule has 8 bridgehead atoms. The first-order valence-corrected chi connectivity index (χ1v) is 18.1. The van der Waals surface area contributed by atoms with Gasteiger partial charge in [0.05, 0.1) is 0 Å². The number of aromatic hydroxyl groups is 4. The first kappa shape index (κ1) is 37.3. The van der Waals surface area contributed by atoms with E-state index >= 15 is 0 Å². The number of fused-ring (bicyclic) bond motifs is 8. The van der Waals surface area contributed by atoms with Gasteiger partial charge in [0.2, 0.25) is 0 Å². The van der Waals surface area contributed by atoms with Crippen molar-refractivity contribution in [2.45, 2.75) is 143 Å². The van der Waals surface area contributed by atoms with Crippen molar-refractivity contribution in [3.8, 4) is 23.0 Å². The van der Waals surface area contributed by atoms with E-state index in [4.69, 9.17) is 0 Å². The van der Waals surface area contributed by atoms with Gasteiger partial charge in [0.15, 0.2) is 0 Å². The fraction of sp³-hybridized carbons (Fsp3) is 0.478. The quantitative estimate of drug-likeness (QED) is 0.149. The summed E-state index contributed by atoms with van der Waals surface area (Å²) in [6, 6.07) is 16.8. The van der Waals surface area contributed by atoms with Crippen molar-refractivity contribution >= 4 is 0 Å². The van der Waals surface area contributed by atoms with E-state index in [9.17, 15) is 20.4 Å². The van der Waals surface area contributed by atoms with Gasteiger partial charge in [-0.15, -0.1) is 0 Å². The molecule has 0 radical (unpaired) electrons. The lowest BCUT2D eigenvalue weighted by molar-refractivity contribution is 0.436. The number of phenolic OH excluding ortho intramolecular Hbond substituents is 4. The van der Waals surface area contributed by atoms with Gasteiger partial charge >= 0.3 is 0 Å². The lowest BCUT2D eigenvalue weighted by Crippen LogP contribution is -2.23. The Morgan fingerprint density at radius 1 is 0.380 bits per heavy atom. The maximum absolute atomic E-state index is 12.0. The molecule has 0 saturated carbocycles. The van der Waals surface area contributed by atoms with Crippen LogP contribution >= 0.6 is 0 Å². The maximum atomic E-state index is 12.0. The van der Waals surface area contributed by atoms with Crippen LogP contribution in [-0.2, 0) is 46.3 Å². The fourth-order valence-electron chi connectivity index (χ4n) is 7.23. The Bertz CT molecular complexity index is 1820. The van der Waals surface area contributed by atoms with Crippen LogP contribution in [0.1, 0.15) is 164 Å². The summed E-state index contributed by atoms with van der Waals surface area (Å²) < 4.78 is 0. The third-order valence-corrected chi connectivity index (χ3v) is 10.8. The van der Waals surface area contributed by atoms with Crippen molar-refractivity contribution in [2.24, 2.45) is 0 Å². The van der Waals surface area contributed by atoms with E-state index in [1.807, 2.05) is 0 Å². The van der Waals surface area contributed by atoms with Crippen molar-refractivity contribution in [1.82, 2.24) is 0 Å². The number of phenols is 4. The minimum atomic E-state index is -0.525. The molecule has 4 aromatic carbocycles. The Hall–Kier alpha value is -3.92. The number of hydrogen-bond donors (Lipinski definition) is 4. The van der Waals surface area contributed by atoms with Crippen molar-refractivity contribution < 1.29 is 20.4 Å².